The summed E-state index contributed by atoms with van der Waals surface area (Å²) in [4.78, 5) is 29.4. The predicted molar refractivity (Wildman–Crippen MR) is 105 cm³/mol. The van der Waals surface area contributed by atoms with Crippen LogP contribution in [0.5, 0.6) is 0 Å². The Morgan fingerprint density at radius 3 is 2.62 bits per heavy atom. The number of nitrogens with zero attached hydrogens (tertiary/aromatic N) is 2. The third-order valence-electron chi connectivity index (χ3n) is 4.04. The molecule has 0 saturated carbocycles. The lowest BCUT2D eigenvalue weighted by Gasteiger charge is -2.35. The third kappa shape index (κ3) is 6.81. The molecule has 0 aromatic carbocycles. The Bertz CT molecular complexity index is 553. The van der Waals surface area contributed by atoms with Crippen molar-refractivity contribution in [2.24, 2.45) is 5.92 Å². The van der Waals surface area contributed by atoms with Crippen molar-refractivity contribution < 1.29 is 19.1 Å². The van der Waals surface area contributed by atoms with E-state index in [1.165, 1.54) is 11.3 Å². The summed E-state index contributed by atoms with van der Waals surface area (Å²) < 4.78 is 10.9. The molecule has 0 aliphatic carbocycles. The second-order valence-electron chi connectivity index (χ2n) is 6.31. The summed E-state index contributed by atoms with van der Waals surface area (Å²) in [6.45, 7) is 11.8. The number of thiazole rings is 1. The highest BCUT2D eigenvalue weighted by atomic mass is 32.1. The summed E-state index contributed by atoms with van der Waals surface area (Å²) in [7, 11) is 1.61. The molecule has 1 radical (unpaired) electrons. The van der Waals surface area contributed by atoms with E-state index in [4.69, 9.17) is 9.47 Å². The molecule has 6 nitrogen and oxygen atoms in total. The van der Waals surface area contributed by atoms with Crippen LogP contribution in [-0.2, 0) is 14.3 Å². The number of ether oxygens (including phenoxy) is 2. The van der Waals surface area contributed by atoms with Crippen molar-refractivity contribution >= 4 is 30.9 Å². The van der Waals surface area contributed by atoms with E-state index < -0.39 is 5.97 Å². The Balaban J connectivity index is 2.99. The van der Waals surface area contributed by atoms with Crippen molar-refractivity contribution in [3.05, 3.63) is 16.1 Å². The van der Waals surface area contributed by atoms with Crippen molar-refractivity contribution in [1.82, 2.24) is 9.79 Å². The second-order valence-corrected chi connectivity index (χ2v) is 7.20. The number of esters is 1. The van der Waals surface area contributed by atoms with Gasteiger partial charge in [0.2, 0.25) is 0 Å². The van der Waals surface area contributed by atoms with Crippen molar-refractivity contribution in [2.75, 3.05) is 19.8 Å². The highest BCUT2D eigenvalue weighted by molar-refractivity contribution is 7.09. The van der Waals surface area contributed by atoms with E-state index in [-0.39, 0.29) is 12.1 Å². The molecule has 0 unspecified atom stereocenters. The number of aromatic nitrogens is 1. The lowest BCUT2D eigenvalue weighted by molar-refractivity contribution is 0.0337. The highest BCUT2D eigenvalue weighted by Gasteiger charge is 2.28. The minimum atomic E-state index is -0.410. The monoisotopic (exact) mass is 381 g/mol. The summed E-state index contributed by atoms with van der Waals surface area (Å²) in [6, 6.07) is 0.145. The van der Waals surface area contributed by atoms with Crippen LogP contribution < -0.4 is 0 Å². The zero-order valence-electron chi connectivity index (χ0n) is 16.4. The fraction of sp³-hybridized carbons (Fsp3) is 0.722. The zero-order valence-corrected chi connectivity index (χ0v) is 17.3. The number of rotatable bonds is 13. The van der Waals surface area contributed by atoms with E-state index in [9.17, 15) is 9.59 Å². The van der Waals surface area contributed by atoms with Gasteiger partial charge in [-0.15, -0.1) is 11.3 Å². The number of carbonyl (C=O) groups excluding carboxylic acids is 2. The molecule has 26 heavy (non-hydrogen) atoms. The van der Waals surface area contributed by atoms with Crippen LogP contribution in [0.25, 0.3) is 0 Å². The first-order chi connectivity index (χ1) is 12.5. The summed E-state index contributed by atoms with van der Waals surface area (Å²) >= 11 is 1.41. The van der Waals surface area contributed by atoms with Crippen LogP contribution in [0.4, 0.5) is 0 Å². The Labute approximate surface area is 161 Å². The molecule has 145 valence electrons. The number of carbonyl (C=O) groups is 2. The fourth-order valence-corrected chi connectivity index (χ4v) is 3.72. The predicted octanol–water partition coefficient (Wildman–Crippen LogP) is 3.33. The summed E-state index contributed by atoms with van der Waals surface area (Å²) in [5.74, 6) is -0.0715. The van der Waals surface area contributed by atoms with Crippen LogP contribution in [0.2, 0.25) is 0 Å². The SMILES string of the molecule is CCCN([B]C=O)[C@H](C[C@@H](OCC)c1nc(C(=O)OCC)cs1)C(C)C. The fourth-order valence-electron chi connectivity index (χ4n) is 2.87. The number of hydrogen-bond acceptors (Lipinski definition) is 7. The molecule has 0 saturated heterocycles. The van der Waals surface area contributed by atoms with Gasteiger partial charge in [0.15, 0.2) is 5.69 Å². The quantitative estimate of drug-likeness (QED) is 0.297. The van der Waals surface area contributed by atoms with E-state index in [0.717, 1.165) is 24.2 Å². The minimum absolute atomic E-state index is 0.145. The van der Waals surface area contributed by atoms with Crippen LogP contribution in [0.3, 0.4) is 0 Å². The molecular weight excluding hydrogens is 351 g/mol. The first kappa shape index (κ1) is 22.8. The van der Waals surface area contributed by atoms with Gasteiger partial charge in [0.05, 0.1) is 12.8 Å². The lowest BCUT2D eigenvalue weighted by atomic mass is 9.85. The molecule has 2 atom stereocenters. The van der Waals surface area contributed by atoms with Gasteiger partial charge in [0.25, 0.3) is 7.41 Å². The maximum Gasteiger partial charge on any atom is 0.357 e. The summed E-state index contributed by atoms with van der Waals surface area (Å²) in [5.41, 5.74) is 0.322. The molecule has 0 N–H and O–H groups in total. The molecule has 1 heterocycles. The van der Waals surface area contributed by atoms with Crippen LogP contribution in [0.15, 0.2) is 5.38 Å². The normalized spacial score (nSPS) is 13.7. The van der Waals surface area contributed by atoms with Gasteiger partial charge in [-0.25, -0.2) is 9.78 Å². The number of hydrogen-bond donors (Lipinski definition) is 0. The maximum absolute atomic E-state index is 11.9. The second kappa shape index (κ2) is 12.2. The van der Waals surface area contributed by atoms with Crippen molar-refractivity contribution in [2.45, 2.75) is 59.6 Å². The molecule has 1 aromatic rings. The highest BCUT2D eigenvalue weighted by Crippen LogP contribution is 2.30. The van der Waals surface area contributed by atoms with Crippen molar-refractivity contribution in [3.63, 3.8) is 0 Å². The van der Waals surface area contributed by atoms with Gasteiger partial charge >= 0.3 is 5.97 Å². The Morgan fingerprint density at radius 1 is 1.35 bits per heavy atom. The average molecular weight is 381 g/mol. The third-order valence-corrected chi connectivity index (χ3v) is 4.97. The Kier molecular flexibility index (Phi) is 10.7. The molecule has 0 aliphatic heterocycles. The first-order valence-electron chi connectivity index (χ1n) is 9.26. The molecule has 0 aliphatic rings. The summed E-state index contributed by atoms with van der Waals surface area (Å²) in [6.07, 6.45) is 2.27. The van der Waals surface area contributed by atoms with Crippen LogP contribution in [-0.4, -0.2) is 55.2 Å². The van der Waals surface area contributed by atoms with Crippen LogP contribution in [0.1, 0.15) is 69.1 Å². The average Bonchev–Trinajstić information content (AvgIpc) is 3.08. The molecule has 0 spiro atoms. The molecule has 0 fully saturated rings. The molecule has 8 heteroatoms. The van der Waals surface area contributed by atoms with Gasteiger partial charge in [0, 0.05) is 18.0 Å². The van der Waals surface area contributed by atoms with E-state index in [1.807, 2.05) is 6.92 Å². The summed E-state index contributed by atoms with van der Waals surface area (Å²) in [5, 5.41) is 2.48. The Morgan fingerprint density at radius 2 is 2.08 bits per heavy atom. The van der Waals surface area contributed by atoms with Crippen molar-refractivity contribution in [1.29, 1.82) is 0 Å². The van der Waals surface area contributed by atoms with Crippen LogP contribution in [0, 0.1) is 5.92 Å². The van der Waals surface area contributed by atoms with Gasteiger partial charge in [-0.2, -0.15) is 0 Å². The molecule has 0 amide bonds. The van der Waals surface area contributed by atoms with E-state index in [0.29, 0.717) is 31.2 Å². The molecule has 1 rings (SSSR count). The topological polar surface area (TPSA) is 68.7 Å². The van der Waals surface area contributed by atoms with Gasteiger partial charge < -0.3 is 19.1 Å². The van der Waals surface area contributed by atoms with Crippen LogP contribution >= 0.6 is 11.3 Å². The maximum atomic E-state index is 11.9. The van der Waals surface area contributed by atoms with Gasteiger partial charge in [0.1, 0.15) is 11.1 Å². The van der Waals surface area contributed by atoms with Gasteiger partial charge in [-0.3, -0.25) is 0 Å². The van der Waals surface area contributed by atoms with E-state index in [2.05, 4.69) is 30.6 Å². The molecule has 0 bridgehead atoms. The van der Waals surface area contributed by atoms with Crippen molar-refractivity contribution in [3.8, 4) is 0 Å². The first-order valence-corrected chi connectivity index (χ1v) is 10.1. The Hall–Kier alpha value is -1.25. The van der Waals surface area contributed by atoms with E-state index >= 15 is 0 Å². The minimum Gasteiger partial charge on any atom is -0.461 e. The lowest BCUT2D eigenvalue weighted by Crippen LogP contribution is -2.43. The molecule has 1 aromatic heterocycles. The largest absolute Gasteiger partial charge is 0.461 e. The van der Waals surface area contributed by atoms with Gasteiger partial charge in [-0.05, 0) is 39.2 Å². The van der Waals surface area contributed by atoms with Gasteiger partial charge in [-0.1, -0.05) is 20.8 Å². The molecular formula is C18H30BN2O4S. The smallest absolute Gasteiger partial charge is 0.357 e. The van der Waals surface area contributed by atoms with E-state index in [1.54, 1.807) is 19.7 Å². The standard InChI is InChI=1S/C18H30BN2O4S/c1-6-9-21(19-12-22)15(13(4)5)10-16(24-7-2)17-20-14(11-26-17)18(23)25-8-3/h11-13,15-16H,6-10H2,1-5H3/t15-,16-/m1/s1. The zero-order chi connectivity index (χ0) is 19.5.